The average molecular weight is 259 g/mol. The van der Waals surface area contributed by atoms with Crippen LogP contribution in [0.2, 0.25) is 0 Å². The molecule has 0 spiro atoms. The van der Waals surface area contributed by atoms with Gasteiger partial charge < -0.3 is 9.64 Å². The van der Waals surface area contributed by atoms with Crippen LogP contribution in [0.1, 0.15) is 30.9 Å². The van der Waals surface area contributed by atoms with Crippen LogP contribution in [0.5, 0.6) is 0 Å². The molecule has 0 aromatic heterocycles. The minimum absolute atomic E-state index is 0.242. The molecule has 0 aliphatic heterocycles. The summed E-state index contributed by atoms with van der Waals surface area (Å²) in [5.74, 6) is 0.620. The molecule has 0 saturated carbocycles. The van der Waals surface area contributed by atoms with Crippen LogP contribution in [0.25, 0.3) is 0 Å². The van der Waals surface area contributed by atoms with E-state index in [1.54, 1.807) is 0 Å². The quantitative estimate of drug-likeness (QED) is 0.723. The lowest BCUT2D eigenvalue weighted by atomic mass is 9.86. The van der Waals surface area contributed by atoms with E-state index in [1.807, 2.05) is 0 Å². The zero-order valence-corrected chi connectivity index (χ0v) is 12.1. The highest BCUT2D eigenvalue weighted by Gasteiger charge is 2.23. The lowest BCUT2D eigenvalue weighted by Gasteiger charge is -2.29. The third-order valence-corrected chi connectivity index (χ3v) is 3.70. The summed E-state index contributed by atoms with van der Waals surface area (Å²) in [5, 5.41) is 0. The fourth-order valence-electron chi connectivity index (χ4n) is 2.60. The van der Waals surface area contributed by atoms with Gasteiger partial charge in [-0.05, 0) is 44.8 Å². The molecule has 0 heterocycles. The van der Waals surface area contributed by atoms with Crippen molar-refractivity contribution in [3.63, 3.8) is 0 Å². The first-order valence-corrected chi connectivity index (χ1v) is 7.23. The van der Waals surface area contributed by atoms with Gasteiger partial charge in [0.05, 0.1) is 12.7 Å². The Morgan fingerprint density at radius 1 is 1.21 bits per heavy atom. The molecule has 1 aliphatic carbocycles. The summed E-state index contributed by atoms with van der Waals surface area (Å²) in [6, 6.07) is 10.7. The number of hydrogen-bond acceptors (Lipinski definition) is 2. The Labute approximate surface area is 117 Å². The standard InChI is InChI=1S/C17H25NO/c1-18(2)13-14-19-17(15-9-5-3-6-10-15)16-11-7-4-8-12-16/h3-7,9-10,16-17H,8,11-14H2,1-2H3. The van der Waals surface area contributed by atoms with Crippen LogP contribution in [0, 0.1) is 5.92 Å². The van der Waals surface area contributed by atoms with Crippen LogP contribution in [0.15, 0.2) is 42.5 Å². The van der Waals surface area contributed by atoms with E-state index in [2.05, 4.69) is 61.5 Å². The van der Waals surface area contributed by atoms with E-state index in [0.717, 1.165) is 19.6 Å². The number of rotatable bonds is 6. The van der Waals surface area contributed by atoms with Crippen molar-refractivity contribution in [1.82, 2.24) is 4.90 Å². The van der Waals surface area contributed by atoms with Crippen molar-refractivity contribution in [2.24, 2.45) is 5.92 Å². The Bertz CT molecular complexity index is 386. The number of benzene rings is 1. The fraction of sp³-hybridized carbons (Fsp3) is 0.529. The van der Waals surface area contributed by atoms with Gasteiger partial charge in [0.2, 0.25) is 0 Å². The Kier molecular flexibility index (Phi) is 5.62. The summed E-state index contributed by atoms with van der Waals surface area (Å²) in [6.45, 7) is 1.78. The van der Waals surface area contributed by atoms with Gasteiger partial charge in [-0.1, -0.05) is 42.5 Å². The highest BCUT2D eigenvalue weighted by atomic mass is 16.5. The molecule has 2 nitrogen and oxygen atoms in total. The number of ether oxygens (including phenoxy) is 1. The highest BCUT2D eigenvalue weighted by Crippen LogP contribution is 2.34. The van der Waals surface area contributed by atoms with Crippen molar-refractivity contribution >= 4 is 0 Å². The van der Waals surface area contributed by atoms with E-state index in [1.165, 1.54) is 18.4 Å². The maximum atomic E-state index is 6.20. The van der Waals surface area contributed by atoms with Crippen molar-refractivity contribution in [2.75, 3.05) is 27.2 Å². The first-order chi connectivity index (χ1) is 9.27. The van der Waals surface area contributed by atoms with Crippen molar-refractivity contribution < 1.29 is 4.74 Å². The lowest BCUT2D eigenvalue weighted by Crippen LogP contribution is -2.23. The Morgan fingerprint density at radius 2 is 2.00 bits per heavy atom. The first-order valence-electron chi connectivity index (χ1n) is 7.23. The summed E-state index contributed by atoms with van der Waals surface area (Å²) in [4.78, 5) is 2.17. The van der Waals surface area contributed by atoms with Gasteiger partial charge in [0.15, 0.2) is 0 Å². The smallest absolute Gasteiger partial charge is 0.0856 e. The highest BCUT2D eigenvalue weighted by molar-refractivity contribution is 5.19. The van der Waals surface area contributed by atoms with E-state index < -0.39 is 0 Å². The zero-order chi connectivity index (χ0) is 13.5. The van der Waals surface area contributed by atoms with Crippen molar-refractivity contribution in [3.05, 3.63) is 48.0 Å². The minimum Gasteiger partial charge on any atom is -0.372 e. The monoisotopic (exact) mass is 259 g/mol. The van der Waals surface area contributed by atoms with E-state index in [9.17, 15) is 0 Å². The van der Waals surface area contributed by atoms with E-state index in [4.69, 9.17) is 4.74 Å². The third kappa shape index (κ3) is 4.48. The topological polar surface area (TPSA) is 12.5 Å². The van der Waals surface area contributed by atoms with Crippen LogP contribution < -0.4 is 0 Å². The molecule has 0 radical (unpaired) electrons. The number of allylic oxidation sites excluding steroid dienone is 2. The lowest BCUT2D eigenvalue weighted by molar-refractivity contribution is 0.00142. The second-order valence-electron chi connectivity index (χ2n) is 5.55. The van der Waals surface area contributed by atoms with Gasteiger partial charge in [-0.15, -0.1) is 0 Å². The summed E-state index contributed by atoms with van der Waals surface area (Å²) >= 11 is 0. The molecule has 1 aliphatic rings. The molecule has 2 atom stereocenters. The van der Waals surface area contributed by atoms with E-state index in [-0.39, 0.29) is 6.10 Å². The molecule has 0 fully saturated rings. The maximum absolute atomic E-state index is 6.20. The van der Waals surface area contributed by atoms with Crippen LogP contribution in [-0.2, 0) is 4.74 Å². The Hall–Kier alpha value is -1.12. The SMILES string of the molecule is CN(C)CCOC(c1ccccc1)C1CC=CCC1. The molecule has 2 heteroatoms. The van der Waals surface area contributed by atoms with Gasteiger partial charge in [-0.2, -0.15) is 0 Å². The molecular weight excluding hydrogens is 234 g/mol. The van der Waals surface area contributed by atoms with Gasteiger partial charge in [-0.25, -0.2) is 0 Å². The summed E-state index contributed by atoms with van der Waals surface area (Å²) < 4.78 is 6.20. The molecule has 2 rings (SSSR count). The molecule has 1 aromatic rings. The second-order valence-corrected chi connectivity index (χ2v) is 5.55. The van der Waals surface area contributed by atoms with Crippen LogP contribution >= 0.6 is 0 Å². The molecule has 0 amide bonds. The van der Waals surface area contributed by atoms with Gasteiger partial charge in [0.1, 0.15) is 0 Å². The first kappa shape index (κ1) is 14.3. The van der Waals surface area contributed by atoms with Gasteiger partial charge in [-0.3, -0.25) is 0 Å². The molecule has 0 saturated heterocycles. The molecule has 2 unspecified atom stereocenters. The van der Waals surface area contributed by atoms with Gasteiger partial charge in [0, 0.05) is 6.54 Å². The second kappa shape index (κ2) is 7.46. The number of nitrogens with zero attached hydrogens (tertiary/aromatic N) is 1. The predicted octanol–water partition coefficient (Wildman–Crippen LogP) is 3.66. The van der Waals surface area contributed by atoms with Crippen LogP contribution in [-0.4, -0.2) is 32.1 Å². The summed E-state index contributed by atoms with van der Waals surface area (Å²) in [7, 11) is 4.18. The van der Waals surface area contributed by atoms with E-state index >= 15 is 0 Å². The van der Waals surface area contributed by atoms with Gasteiger partial charge in [0.25, 0.3) is 0 Å². The van der Waals surface area contributed by atoms with Gasteiger partial charge >= 0.3 is 0 Å². The number of hydrogen-bond donors (Lipinski definition) is 0. The molecule has 1 aromatic carbocycles. The minimum atomic E-state index is 0.242. The largest absolute Gasteiger partial charge is 0.372 e. The Balaban J connectivity index is 2.02. The molecule has 104 valence electrons. The maximum Gasteiger partial charge on any atom is 0.0856 e. The molecular formula is C17H25NO. The normalized spacial score (nSPS) is 20.7. The molecule has 0 N–H and O–H groups in total. The third-order valence-electron chi connectivity index (χ3n) is 3.70. The van der Waals surface area contributed by atoms with Crippen molar-refractivity contribution in [1.29, 1.82) is 0 Å². The Morgan fingerprint density at radius 3 is 2.63 bits per heavy atom. The zero-order valence-electron chi connectivity index (χ0n) is 12.1. The molecule has 19 heavy (non-hydrogen) atoms. The van der Waals surface area contributed by atoms with Crippen molar-refractivity contribution in [3.8, 4) is 0 Å². The summed E-state index contributed by atoms with van der Waals surface area (Å²) in [6.07, 6.45) is 8.40. The predicted molar refractivity (Wildman–Crippen MR) is 80.2 cm³/mol. The van der Waals surface area contributed by atoms with Crippen LogP contribution in [0.4, 0.5) is 0 Å². The summed E-state index contributed by atoms with van der Waals surface area (Å²) in [5.41, 5.74) is 1.32. The number of likely N-dealkylation sites (N-methyl/N-ethyl adjacent to an activating group) is 1. The fourth-order valence-corrected chi connectivity index (χ4v) is 2.60. The van der Waals surface area contributed by atoms with E-state index in [0.29, 0.717) is 5.92 Å². The van der Waals surface area contributed by atoms with Crippen LogP contribution in [0.3, 0.4) is 0 Å². The average Bonchev–Trinajstić information content (AvgIpc) is 2.45. The van der Waals surface area contributed by atoms with Crippen molar-refractivity contribution in [2.45, 2.75) is 25.4 Å². The molecule has 0 bridgehead atoms.